The Morgan fingerprint density at radius 1 is 0.417 bits per heavy atom. The third kappa shape index (κ3) is 6.56. The monoisotopic (exact) mass is 942 g/mol. The van der Waals surface area contributed by atoms with E-state index in [-0.39, 0.29) is 46.0 Å². The molecule has 4 N–H and O–H groups in total. The number of aliphatic imine (C=N–C) groups is 7. The summed E-state index contributed by atoms with van der Waals surface area (Å²) in [6, 6.07) is 42.9. The van der Waals surface area contributed by atoms with Crippen LogP contribution in [0.5, 0.6) is 0 Å². The molecular formula is C56H38N12O4. The van der Waals surface area contributed by atoms with E-state index in [0.717, 1.165) is 32.3 Å². The van der Waals surface area contributed by atoms with Crippen molar-refractivity contribution < 1.29 is 19.2 Å². The zero-order valence-corrected chi connectivity index (χ0v) is 38.9. The SMILES string of the molecule is CC(=O)Nc1c2c(c(NC(C)=O)c3ccccc13)C1(NC(C)=O)N=C3N=C(N=C4N=C(c5cc6ccccc6cc54)N(NC(C)=O)C4=NC(=NC2=N1)c1cc2ccccc2cc14)c1cc2ccccc2cc13. The molecule has 5 aliphatic rings. The molecule has 1 atom stereocenters. The minimum atomic E-state index is -2.10. The number of hydrogen-bond donors (Lipinski definition) is 4. The topological polar surface area (TPSA) is 206 Å². The highest BCUT2D eigenvalue weighted by atomic mass is 16.2. The van der Waals surface area contributed by atoms with Crippen LogP contribution in [0.25, 0.3) is 43.1 Å². The number of amides is 4. The fourth-order valence-electron chi connectivity index (χ4n) is 10.3. The Bertz CT molecular complexity index is 4140. The summed E-state index contributed by atoms with van der Waals surface area (Å²) in [5.41, 5.74) is 7.84. The van der Waals surface area contributed by atoms with Gasteiger partial charge in [-0.1, -0.05) is 97.1 Å². The van der Waals surface area contributed by atoms with Gasteiger partial charge in [0.2, 0.25) is 23.6 Å². The van der Waals surface area contributed by atoms with E-state index in [4.69, 9.17) is 34.9 Å². The van der Waals surface area contributed by atoms with E-state index in [0.29, 0.717) is 61.5 Å². The van der Waals surface area contributed by atoms with Gasteiger partial charge in [0.25, 0.3) is 5.79 Å². The summed E-state index contributed by atoms with van der Waals surface area (Å²) in [5.74, 6) is -2.29. The summed E-state index contributed by atoms with van der Waals surface area (Å²) in [7, 11) is 0. The van der Waals surface area contributed by atoms with Crippen molar-refractivity contribution in [1.29, 1.82) is 0 Å². The quantitative estimate of drug-likeness (QED) is 0.128. The number of benzene rings is 8. The van der Waals surface area contributed by atoms with Crippen LogP contribution in [0.15, 0.2) is 168 Å². The third-order valence-corrected chi connectivity index (χ3v) is 13.1. The summed E-state index contributed by atoms with van der Waals surface area (Å²) in [6.45, 7) is 5.54. The first-order valence-corrected chi connectivity index (χ1v) is 23.1. The Hall–Kier alpha value is -9.83. The predicted octanol–water partition coefficient (Wildman–Crippen LogP) is 8.21. The molecule has 16 nitrogen and oxygen atoms in total. The molecule has 8 bridgehead atoms. The van der Waals surface area contributed by atoms with E-state index >= 15 is 0 Å². The fourth-order valence-corrected chi connectivity index (χ4v) is 10.3. The number of anilines is 2. The molecule has 0 fully saturated rings. The maximum atomic E-state index is 13.9. The first-order chi connectivity index (χ1) is 34.9. The number of hydrazine groups is 1. The van der Waals surface area contributed by atoms with Gasteiger partial charge in [-0.05, 0) is 68.7 Å². The Morgan fingerprint density at radius 3 is 1.26 bits per heavy atom. The smallest absolute Gasteiger partial charge is 0.261 e. The molecule has 16 heteroatoms. The van der Waals surface area contributed by atoms with Gasteiger partial charge in [0.15, 0.2) is 40.8 Å². The number of nitrogens with one attached hydrogen (secondary N) is 4. The van der Waals surface area contributed by atoms with E-state index in [1.54, 1.807) is 5.01 Å². The lowest BCUT2D eigenvalue weighted by molar-refractivity contribution is -0.121. The number of carbonyl (C=O) groups is 4. The highest BCUT2D eigenvalue weighted by Gasteiger charge is 2.48. The van der Waals surface area contributed by atoms with Gasteiger partial charge in [0.1, 0.15) is 0 Å². The van der Waals surface area contributed by atoms with Crippen LogP contribution in [0.1, 0.15) is 72.2 Å². The predicted molar refractivity (Wildman–Crippen MR) is 281 cm³/mol. The van der Waals surface area contributed by atoms with Crippen LogP contribution in [0.4, 0.5) is 11.4 Å². The number of hydrogen-bond acceptors (Lipinski definition) is 12. The lowest BCUT2D eigenvalue weighted by Crippen LogP contribution is -2.49. The second kappa shape index (κ2) is 15.6. The van der Waals surface area contributed by atoms with Gasteiger partial charge in [-0.2, -0.15) is 0 Å². The van der Waals surface area contributed by atoms with Crippen molar-refractivity contribution >= 4 is 119 Å². The maximum absolute atomic E-state index is 13.9. The zero-order chi connectivity index (χ0) is 49.2. The lowest BCUT2D eigenvalue weighted by atomic mass is 9.92. The number of amidine groups is 7. The summed E-state index contributed by atoms with van der Waals surface area (Å²) >= 11 is 0. The van der Waals surface area contributed by atoms with Crippen molar-refractivity contribution in [2.24, 2.45) is 34.9 Å². The molecule has 8 aromatic carbocycles. The Kier molecular flexibility index (Phi) is 9.16. The van der Waals surface area contributed by atoms with Crippen LogP contribution in [0.2, 0.25) is 0 Å². The minimum Gasteiger partial charge on any atom is -0.325 e. The number of rotatable bonds is 4. The zero-order valence-electron chi connectivity index (χ0n) is 38.9. The molecule has 0 aliphatic carbocycles. The van der Waals surface area contributed by atoms with Crippen LogP contribution in [0.3, 0.4) is 0 Å². The number of fused-ring (bicyclic) bond motifs is 20. The molecule has 0 saturated heterocycles. The van der Waals surface area contributed by atoms with Gasteiger partial charge in [-0.15, -0.1) is 0 Å². The molecule has 13 rings (SSSR count). The van der Waals surface area contributed by atoms with Crippen LogP contribution in [0, 0.1) is 0 Å². The molecule has 0 radical (unpaired) electrons. The molecule has 8 aromatic rings. The standard InChI is InChI=1S/C56H38N12O4/c1-27(69)57-47-37-19-11-12-20-38(37)48(58-28(2)70)46-45(47)53-61-51-42-24-34-16-8-10-18-36(34)26-44(42)55(63-51)68(67-30(4)72)54-43-25-35-17-9-7-15-33(35)23-41(43)50(62-54)59-49-39-21-31-13-5-6-14-32(31)22-40(39)52(60-49)65-56(46,66-53)64-29(3)71/h5-26H,1-4H3,(H,57,69)(H,58,70)(H,64,71)(H,67,72). The molecule has 5 heterocycles. The molecule has 1 unspecified atom stereocenters. The van der Waals surface area contributed by atoms with Crippen molar-refractivity contribution in [3.63, 3.8) is 0 Å². The molecular weight excluding hydrogens is 905 g/mol. The van der Waals surface area contributed by atoms with Crippen molar-refractivity contribution in [1.82, 2.24) is 15.8 Å². The van der Waals surface area contributed by atoms with Crippen LogP contribution < -0.4 is 21.4 Å². The number of nitrogens with zero attached hydrogens (tertiary/aromatic N) is 8. The first-order valence-electron chi connectivity index (χ1n) is 23.1. The molecule has 5 aliphatic heterocycles. The van der Waals surface area contributed by atoms with Crippen LogP contribution in [-0.4, -0.2) is 69.5 Å². The van der Waals surface area contributed by atoms with Gasteiger partial charge < -0.3 is 16.0 Å². The summed E-state index contributed by atoms with van der Waals surface area (Å²) < 4.78 is 0. The second-order valence-electron chi connectivity index (χ2n) is 18.0. The molecule has 0 aromatic heterocycles. The first kappa shape index (κ1) is 42.3. The van der Waals surface area contributed by atoms with E-state index < -0.39 is 29.4 Å². The van der Waals surface area contributed by atoms with Gasteiger partial charge in [-0.3, -0.25) is 24.6 Å². The van der Waals surface area contributed by atoms with Crippen molar-refractivity contribution in [3.05, 3.63) is 178 Å². The van der Waals surface area contributed by atoms with E-state index in [2.05, 4.69) is 21.4 Å². The molecule has 0 spiro atoms. The van der Waals surface area contributed by atoms with Crippen molar-refractivity contribution in [2.45, 2.75) is 33.5 Å². The average Bonchev–Trinajstić information content (AvgIpc) is 4.07. The fraction of sp³-hybridized carbons (Fsp3) is 0.0893. The number of carbonyl (C=O) groups excluding carboxylic acids is 4. The molecule has 0 saturated carbocycles. The molecule has 72 heavy (non-hydrogen) atoms. The highest BCUT2D eigenvalue weighted by molar-refractivity contribution is 6.36. The van der Waals surface area contributed by atoms with Gasteiger partial charge >= 0.3 is 0 Å². The second-order valence-corrected chi connectivity index (χ2v) is 18.0. The van der Waals surface area contributed by atoms with Gasteiger partial charge in [0, 0.05) is 71.8 Å². The minimum absolute atomic E-state index is 0.0118. The van der Waals surface area contributed by atoms with Crippen molar-refractivity contribution in [3.8, 4) is 0 Å². The Balaban J connectivity index is 1.22. The molecule has 4 amide bonds. The highest BCUT2D eigenvalue weighted by Crippen LogP contribution is 2.50. The van der Waals surface area contributed by atoms with Crippen LogP contribution >= 0.6 is 0 Å². The largest absolute Gasteiger partial charge is 0.325 e. The van der Waals surface area contributed by atoms with Crippen LogP contribution in [-0.2, 0) is 25.0 Å². The Morgan fingerprint density at radius 2 is 0.792 bits per heavy atom. The van der Waals surface area contributed by atoms with Gasteiger partial charge in [0.05, 0.1) is 22.5 Å². The Labute approximate surface area is 409 Å². The summed E-state index contributed by atoms with van der Waals surface area (Å²) in [6.07, 6.45) is 0. The van der Waals surface area contributed by atoms with E-state index in [1.807, 2.05) is 133 Å². The molecule has 346 valence electrons. The third-order valence-electron chi connectivity index (χ3n) is 13.1. The van der Waals surface area contributed by atoms with E-state index in [9.17, 15) is 19.2 Å². The normalized spacial score (nSPS) is 16.9. The van der Waals surface area contributed by atoms with Crippen molar-refractivity contribution in [2.75, 3.05) is 10.6 Å². The van der Waals surface area contributed by atoms with E-state index in [1.165, 1.54) is 27.7 Å². The lowest BCUT2D eigenvalue weighted by Gasteiger charge is -2.28. The summed E-state index contributed by atoms with van der Waals surface area (Å²) in [5, 5.41) is 17.3. The average molecular weight is 943 g/mol. The summed E-state index contributed by atoms with van der Waals surface area (Å²) in [4.78, 5) is 91.3. The van der Waals surface area contributed by atoms with Gasteiger partial charge in [-0.25, -0.2) is 40.0 Å². The maximum Gasteiger partial charge on any atom is 0.261 e.